The monoisotopic (exact) mass is 337 g/mol. The highest BCUT2D eigenvalue weighted by Crippen LogP contribution is 2.29. The number of nitrogens with one attached hydrogen (secondary N) is 1. The topological polar surface area (TPSA) is 72.5 Å². The van der Waals surface area contributed by atoms with Crippen LogP contribution in [0, 0.1) is 5.92 Å². The molecule has 1 saturated carbocycles. The van der Waals surface area contributed by atoms with E-state index in [0.717, 1.165) is 11.3 Å². The molecule has 1 heterocycles. The molecule has 8 heteroatoms. The molecule has 0 spiro atoms. The third-order valence-electron chi connectivity index (χ3n) is 3.40. The molecule has 112 valence electrons. The molecule has 1 aliphatic carbocycles. The van der Waals surface area contributed by atoms with Gasteiger partial charge in [0.2, 0.25) is 10.0 Å². The van der Waals surface area contributed by atoms with Crippen molar-refractivity contribution in [3.05, 3.63) is 16.5 Å². The van der Waals surface area contributed by atoms with Crippen LogP contribution in [-0.4, -0.2) is 27.5 Å². The van der Waals surface area contributed by atoms with Crippen molar-refractivity contribution in [3.8, 4) is 0 Å². The van der Waals surface area contributed by atoms with Crippen molar-refractivity contribution in [3.63, 3.8) is 0 Å². The maximum absolute atomic E-state index is 12.1. The summed E-state index contributed by atoms with van der Waals surface area (Å²) in [6, 6.07) is 2.92. The molecule has 0 bridgehead atoms. The predicted octanol–water partition coefficient (Wildman–Crippen LogP) is 2.41. The van der Waals surface area contributed by atoms with Crippen molar-refractivity contribution >= 4 is 38.9 Å². The molecule has 2 rings (SSSR count). The maximum atomic E-state index is 12.1. The molecule has 0 amide bonds. The third kappa shape index (κ3) is 3.72. The summed E-state index contributed by atoms with van der Waals surface area (Å²) in [7, 11) is -2.14. The summed E-state index contributed by atoms with van der Waals surface area (Å²) in [5.74, 6) is -0.326. The predicted molar refractivity (Wildman–Crippen MR) is 77.4 cm³/mol. The van der Waals surface area contributed by atoms with Crippen LogP contribution in [0.5, 0.6) is 0 Å². The average Bonchev–Trinajstić information content (AvgIpc) is 2.86. The number of rotatable bonds is 4. The van der Waals surface area contributed by atoms with E-state index in [1.807, 2.05) is 0 Å². The van der Waals surface area contributed by atoms with Crippen LogP contribution in [0.1, 0.15) is 25.7 Å². The normalized spacial score (nSPS) is 23.5. The second-order valence-corrected chi connectivity index (χ2v) is 8.41. The van der Waals surface area contributed by atoms with Crippen molar-refractivity contribution < 1.29 is 17.9 Å². The molecule has 1 N–H and O–H groups in total. The molecule has 1 aliphatic rings. The van der Waals surface area contributed by atoms with Gasteiger partial charge in [-0.3, -0.25) is 4.79 Å². The van der Waals surface area contributed by atoms with E-state index in [1.165, 1.54) is 13.2 Å². The van der Waals surface area contributed by atoms with E-state index in [0.29, 0.717) is 30.0 Å². The van der Waals surface area contributed by atoms with E-state index in [9.17, 15) is 13.2 Å². The summed E-state index contributed by atoms with van der Waals surface area (Å²) in [4.78, 5) is 11.4. The van der Waals surface area contributed by atoms with Gasteiger partial charge in [-0.1, -0.05) is 11.6 Å². The fraction of sp³-hybridized carbons (Fsp3) is 0.583. The minimum absolute atomic E-state index is 0.114. The number of carbonyl (C=O) groups is 1. The molecule has 0 aromatic carbocycles. The first kappa shape index (κ1) is 15.8. The van der Waals surface area contributed by atoms with Crippen LogP contribution in [0.15, 0.2) is 16.3 Å². The summed E-state index contributed by atoms with van der Waals surface area (Å²) >= 11 is 6.79. The molecule has 1 fully saturated rings. The van der Waals surface area contributed by atoms with Gasteiger partial charge in [-0.15, -0.1) is 11.3 Å². The molecular weight excluding hydrogens is 322 g/mol. The van der Waals surface area contributed by atoms with E-state index >= 15 is 0 Å². The highest BCUT2D eigenvalue weighted by Gasteiger charge is 2.29. The summed E-state index contributed by atoms with van der Waals surface area (Å²) in [5.41, 5.74) is 0. The SMILES string of the molecule is COC(=O)C1CCC(NS(=O)(=O)c2ccc(Cl)s2)CC1. The number of sulfonamides is 1. The first-order valence-corrected chi connectivity index (χ1v) is 8.95. The van der Waals surface area contributed by atoms with Gasteiger partial charge in [0.25, 0.3) is 0 Å². The lowest BCUT2D eigenvalue weighted by molar-refractivity contribution is -0.146. The van der Waals surface area contributed by atoms with Gasteiger partial charge in [-0.2, -0.15) is 0 Å². The number of hydrogen-bond acceptors (Lipinski definition) is 5. The first-order chi connectivity index (χ1) is 9.42. The molecule has 0 saturated heterocycles. The van der Waals surface area contributed by atoms with Crippen molar-refractivity contribution in [2.75, 3.05) is 7.11 Å². The Balaban J connectivity index is 1.94. The van der Waals surface area contributed by atoms with E-state index in [4.69, 9.17) is 16.3 Å². The Kier molecular flexibility index (Phi) is 5.06. The fourth-order valence-electron chi connectivity index (χ4n) is 2.33. The largest absolute Gasteiger partial charge is 0.469 e. The van der Waals surface area contributed by atoms with Gasteiger partial charge in [0.15, 0.2) is 0 Å². The summed E-state index contributed by atoms with van der Waals surface area (Å²) in [6.45, 7) is 0. The Morgan fingerprint density at radius 2 is 2.00 bits per heavy atom. The number of esters is 1. The van der Waals surface area contributed by atoms with Gasteiger partial charge < -0.3 is 4.74 Å². The standard InChI is InChI=1S/C12H16ClNO4S2/c1-18-12(15)8-2-4-9(5-3-8)14-20(16,17)11-7-6-10(13)19-11/h6-9,14H,2-5H2,1H3. The first-order valence-electron chi connectivity index (χ1n) is 6.28. The van der Waals surface area contributed by atoms with Crippen molar-refractivity contribution in [2.24, 2.45) is 5.92 Å². The smallest absolute Gasteiger partial charge is 0.308 e. The molecule has 0 atom stereocenters. The van der Waals surface area contributed by atoms with Crippen LogP contribution in [0.4, 0.5) is 0 Å². The van der Waals surface area contributed by atoms with E-state index in [-0.39, 0.29) is 22.1 Å². The number of thiophene rings is 1. The zero-order chi connectivity index (χ0) is 14.8. The van der Waals surface area contributed by atoms with E-state index in [1.54, 1.807) is 6.07 Å². The fourth-order valence-corrected chi connectivity index (χ4v) is 5.14. The van der Waals surface area contributed by atoms with Crippen LogP contribution in [-0.2, 0) is 19.6 Å². The number of ether oxygens (including phenoxy) is 1. The Bertz CT molecular complexity index is 576. The van der Waals surface area contributed by atoms with Crippen LogP contribution in [0.25, 0.3) is 0 Å². The summed E-state index contributed by atoms with van der Waals surface area (Å²) in [6.07, 6.45) is 2.56. The molecule has 0 radical (unpaired) electrons. The Morgan fingerprint density at radius 1 is 1.35 bits per heavy atom. The van der Waals surface area contributed by atoms with Gasteiger partial charge >= 0.3 is 5.97 Å². The number of carbonyl (C=O) groups excluding carboxylic acids is 1. The van der Waals surface area contributed by atoms with Crippen LogP contribution in [0.2, 0.25) is 4.34 Å². The van der Waals surface area contributed by atoms with Crippen molar-refractivity contribution in [1.29, 1.82) is 0 Å². The van der Waals surface area contributed by atoms with Crippen LogP contribution in [0.3, 0.4) is 0 Å². The Hall–Kier alpha value is -0.630. The average molecular weight is 338 g/mol. The number of halogens is 1. The minimum atomic E-state index is -3.51. The molecule has 0 unspecified atom stereocenters. The maximum Gasteiger partial charge on any atom is 0.308 e. The van der Waals surface area contributed by atoms with E-state index in [2.05, 4.69) is 4.72 Å². The molecule has 5 nitrogen and oxygen atoms in total. The second kappa shape index (κ2) is 6.43. The van der Waals surface area contributed by atoms with Crippen molar-refractivity contribution in [1.82, 2.24) is 4.72 Å². The third-order valence-corrected chi connectivity index (χ3v) is 6.64. The zero-order valence-corrected chi connectivity index (χ0v) is 13.4. The highest BCUT2D eigenvalue weighted by atomic mass is 35.5. The zero-order valence-electron chi connectivity index (χ0n) is 11.0. The second-order valence-electron chi connectivity index (χ2n) is 4.75. The van der Waals surface area contributed by atoms with Crippen molar-refractivity contribution in [2.45, 2.75) is 35.9 Å². The lowest BCUT2D eigenvalue weighted by atomic mass is 9.86. The van der Waals surface area contributed by atoms with Gasteiger partial charge in [0.05, 0.1) is 17.4 Å². The summed E-state index contributed by atoms with van der Waals surface area (Å²) < 4.78 is 32.3. The number of hydrogen-bond donors (Lipinski definition) is 1. The Labute approximate surface area is 127 Å². The van der Waals surface area contributed by atoms with Gasteiger partial charge in [-0.05, 0) is 37.8 Å². The number of methoxy groups -OCH3 is 1. The molecule has 1 aromatic rings. The van der Waals surface area contributed by atoms with E-state index < -0.39 is 10.0 Å². The summed E-state index contributed by atoms with van der Waals surface area (Å²) in [5, 5.41) is 0. The quantitative estimate of drug-likeness (QED) is 0.856. The van der Waals surface area contributed by atoms with Gasteiger partial charge in [-0.25, -0.2) is 13.1 Å². The lowest BCUT2D eigenvalue weighted by Crippen LogP contribution is -2.38. The minimum Gasteiger partial charge on any atom is -0.469 e. The Morgan fingerprint density at radius 3 is 2.50 bits per heavy atom. The molecule has 1 aromatic heterocycles. The molecule has 0 aliphatic heterocycles. The van der Waals surface area contributed by atoms with Gasteiger partial charge in [0, 0.05) is 6.04 Å². The van der Waals surface area contributed by atoms with Crippen LogP contribution < -0.4 is 4.72 Å². The highest BCUT2D eigenvalue weighted by molar-refractivity contribution is 7.91. The van der Waals surface area contributed by atoms with Gasteiger partial charge in [0.1, 0.15) is 4.21 Å². The van der Waals surface area contributed by atoms with Crippen LogP contribution >= 0.6 is 22.9 Å². The molecule has 20 heavy (non-hydrogen) atoms. The lowest BCUT2D eigenvalue weighted by Gasteiger charge is -2.27. The molecular formula is C12H16ClNO4S2.